The highest BCUT2D eigenvalue weighted by atomic mass is 32.2. The summed E-state index contributed by atoms with van der Waals surface area (Å²) in [6, 6.07) is -0.258. The maximum atomic E-state index is 11.9. The maximum absolute atomic E-state index is 11.9. The molecule has 1 heterocycles. The monoisotopic (exact) mass is 292 g/mol. The summed E-state index contributed by atoms with van der Waals surface area (Å²) in [5.74, 6) is 0.185. The van der Waals surface area contributed by atoms with Gasteiger partial charge in [-0.15, -0.1) is 0 Å². The van der Waals surface area contributed by atoms with Crippen molar-refractivity contribution in [1.29, 1.82) is 0 Å². The number of hydrogen-bond donors (Lipinski definition) is 2. The first-order valence-electron chi connectivity index (χ1n) is 6.73. The van der Waals surface area contributed by atoms with Gasteiger partial charge in [0.05, 0.1) is 11.5 Å². The molecule has 6 nitrogen and oxygen atoms in total. The largest absolute Gasteiger partial charge is 0.396 e. The van der Waals surface area contributed by atoms with Crippen molar-refractivity contribution in [2.24, 2.45) is 0 Å². The van der Waals surface area contributed by atoms with Crippen LogP contribution in [0.1, 0.15) is 25.7 Å². The number of sulfone groups is 1. The number of unbranched alkanes of at least 4 members (excludes halogenated alkanes) is 2. The predicted molar refractivity (Wildman–Crippen MR) is 73.6 cm³/mol. The van der Waals surface area contributed by atoms with E-state index in [9.17, 15) is 13.2 Å². The summed E-state index contributed by atoms with van der Waals surface area (Å²) in [5, 5.41) is 11.7. The number of rotatable bonds is 7. The van der Waals surface area contributed by atoms with E-state index >= 15 is 0 Å². The molecule has 0 radical (unpaired) electrons. The first-order valence-corrected chi connectivity index (χ1v) is 8.55. The maximum Gasteiger partial charge on any atom is 0.223 e. The Kier molecular flexibility index (Phi) is 6.74. The summed E-state index contributed by atoms with van der Waals surface area (Å²) >= 11 is 0. The van der Waals surface area contributed by atoms with Crippen LogP contribution < -0.4 is 5.32 Å². The van der Waals surface area contributed by atoms with Crippen LogP contribution in [-0.4, -0.2) is 68.6 Å². The van der Waals surface area contributed by atoms with E-state index in [2.05, 4.69) is 5.32 Å². The van der Waals surface area contributed by atoms with Crippen LogP contribution in [0.2, 0.25) is 0 Å². The standard InChI is InChI=1S/C12H24N2O4S/c1-14(6-3-2-4-7-15)12(16)9-11-10-19(17,18)8-5-13-11/h11,13,15H,2-10H2,1H3. The molecule has 2 N–H and O–H groups in total. The highest BCUT2D eigenvalue weighted by Crippen LogP contribution is 2.07. The van der Waals surface area contributed by atoms with E-state index in [1.54, 1.807) is 11.9 Å². The lowest BCUT2D eigenvalue weighted by atomic mass is 10.2. The predicted octanol–water partition coefficient (Wildman–Crippen LogP) is -0.616. The summed E-state index contributed by atoms with van der Waals surface area (Å²) in [7, 11) is -1.25. The van der Waals surface area contributed by atoms with Crippen molar-refractivity contribution < 1.29 is 18.3 Å². The number of aliphatic hydroxyl groups excluding tert-OH is 1. The van der Waals surface area contributed by atoms with Crippen molar-refractivity contribution in [3.63, 3.8) is 0 Å². The molecule has 1 fully saturated rings. The Morgan fingerprint density at radius 2 is 2.11 bits per heavy atom. The molecule has 0 spiro atoms. The zero-order valence-electron chi connectivity index (χ0n) is 11.5. The second-order valence-corrected chi connectivity index (χ2v) is 7.30. The minimum atomic E-state index is -2.99. The van der Waals surface area contributed by atoms with Gasteiger partial charge in [0.25, 0.3) is 0 Å². The van der Waals surface area contributed by atoms with Crippen LogP contribution in [0, 0.1) is 0 Å². The van der Waals surface area contributed by atoms with Gasteiger partial charge in [0.1, 0.15) is 0 Å². The van der Waals surface area contributed by atoms with Gasteiger partial charge in [-0.1, -0.05) is 0 Å². The molecule has 1 rings (SSSR count). The summed E-state index contributed by atoms with van der Waals surface area (Å²) < 4.78 is 22.9. The first-order chi connectivity index (χ1) is 8.94. The van der Waals surface area contributed by atoms with E-state index < -0.39 is 9.84 Å². The molecular formula is C12H24N2O4S. The van der Waals surface area contributed by atoms with Gasteiger partial charge in [0.2, 0.25) is 5.91 Å². The number of hydrogen-bond acceptors (Lipinski definition) is 5. The molecule has 1 amide bonds. The molecule has 19 heavy (non-hydrogen) atoms. The van der Waals surface area contributed by atoms with E-state index in [1.165, 1.54) is 0 Å². The van der Waals surface area contributed by atoms with Gasteiger partial charge >= 0.3 is 0 Å². The number of amides is 1. The van der Waals surface area contributed by atoms with E-state index in [1.807, 2.05) is 0 Å². The van der Waals surface area contributed by atoms with E-state index in [-0.39, 0.29) is 36.5 Å². The molecule has 7 heteroatoms. The Balaban J connectivity index is 2.29. The minimum absolute atomic E-state index is 0.0291. The molecule has 1 aliphatic rings. The normalized spacial score (nSPS) is 22.1. The first kappa shape index (κ1) is 16.4. The molecule has 0 aromatic carbocycles. The van der Waals surface area contributed by atoms with Crippen LogP contribution in [0.5, 0.6) is 0 Å². The lowest BCUT2D eigenvalue weighted by molar-refractivity contribution is -0.130. The fourth-order valence-corrected chi connectivity index (χ4v) is 3.57. The lowest BCUT2D eigenvalue weighted by Gasteiger charge is -2.25. The lowest BCUT2D eigenvalue weighted by Crippen LogP contribution is -2.47. The number of nitrogens with zero attached hydrogens (tertiary/aromatic N) is 1. The van der Waals surface area contributed by atoms with E-state index in [0.717, 1.165) is 19.3 Å². The third kappa shape index (κ3) is 6.35. The Labute approximate surface area is 115 Å². The van der Waals surface area contributed by atoms with Crippen LogP contribution in [0.4, 0.5) is 0 Å². The quantitative estimate of drug-likeness (QED) is 0.611. The average Bonchev–Trinajstić information content (AvgIpc) is 2.33. The molecule has 0 aliphatic carbocycles. The van der Waals surface area contributed by atoms with Gasteiger partial charge < -0.3 is 15.3 Å². The molecule has 1 atom stereocenters. The van der Waals surface area contributed by atoms with Crippen LogP contribution in [0.25, 0.3) is 0 Å². The third-order valence-corrected chi connectivity index (χ3v) is 5.04. The van der Waals surface area contributed by atoms with Crippen LogP contribution in [0.3, 0.4) is 0 Å². The number of carbonyl (C=O) groups is 1. The van der Waals surface area contributed by atoms with Crippen molar-refractivity contribution in [2.45, 2.75) is 31.7 Å². The molecular weight excluding hydrogens is 268 g/mol. The van der Waals surface area contributed by atoms with Gasteiger partial charge in [0, 0.05) is 39.2 Å². The Morgan fingerprint density at radius 3 is 2.74 bits per heavy atom. The highest BCUT2D eigenvalue weighted by Gasteiger charge is 2.26. The summed E-state index contributed by atoms with van der Waals surface area (Å²) in [6.07, 6.45) is 2.74. The van der Waals surface area contributed by atoms with E-state index in [4.69, 9.17) is 5.11 Å². The highest BCUT2D eigenvalue weighted by molar-refractivity contribution is 7.91. The number of nitrogens with one attached hydrogen (secondary N) is 1. The second kappa shape index (κ2) is 7.81. The average molecular weight is 292 g/mol. The molecule has 0 bridgehead atoms. The second-order valence-electron chi connectivity index (χ2n) is 5.07. The Bertz CT molecular complexity index is 383. The van der Waals surface area contributed by atoms with Gasteiger partial charge in [-0.25, -0.2) is 8.42 Å². The smallest absolute Gasteiger partial charge is 0.223 e. The van der Waals surface area contributed by atoms with Gasteiger partial charge in [-0.2, -0.15) is 0 Å². The van der Waals surface area contributed by atoms with Crippen LogP contribution >= 0.6 is 0 Å². The fourth-order valence-electron chi connectivity index (χ4n) is 2.13. The zero-order valence-corrected chi connectivity index (χ0v) is 12.3. The molecule has 1 unspecified atom stereocenters. The van der Waals surface area contributed by atoms with Gasteiger partial charge in [-0.3, -0.25) is 4.79 Å². The molecule has 0 saturated carbocycles. The molecule has 112 valence electrons. The van der Waals surface area contributed by atoms with Gasteiger partial charge in [0.15, 0.2) is 9.84 Å². The Hall–Kier alpha value is -0.660. The molecule has 0 aromatic rings. The summed E-state index contributed by atoms with van der Waals surface area (Å²) in [6.45, 7) is 1.26. The molecule has 1 saturated heterocycles. The van der Waals surface area contributed by atoms with Crippen molar-refractivity contribution in [2.75, 3.05) is 38.2 Å². The number of carbonyl (C=O) groups excluding carboxylic acids is 1. The van der Waals surface area contributed by atoms with Crippen LogP contribution in [0.15, 0.2) is 0 Å². The third-order valence-electron chi connectivity index (χ3n) is 3.30. The summed E-state index contributed by atoms with van der Waals surface area (Å²) in [5.41, 5.74) is 0. The van der Waals surface area contributed by atoms with Gasteiger partial charge in [-0.05, 0) is 19.3 Å². The number of aliphatic hydroxyl groups is 1. The topological polar surface area (TPSA) is 86.7 Å². The van der Waals surface area contributed by atoms with Crippen molar-refractivity contribution in [1.82, 2.24) is 10.2 Å². The molecule has 0 aromatic heterocycles. The summed E-state index contributed by atoms with van der Waals surface area (Å²) in [4.78, 5) is 13.6. The van der Waals surface area contributed by atoms with E-state index in [0.29, 0.717) is 13.1 Å². The van der Waals surface area contributed by atoms with Crippen LogP contribution in [-0.2, 0) is 14.6 Å². The van der Waals surface area contributed by atoms with Crippen molar-refractivity contribution >= 4 is 15.7 Å². The van der Waals surface area contributed by atoms with Crippen molar-refractivity contribution in [3.05, 3.63) is 0 Å². The fraction of sp³-hybridized carbons (Fsp3) is 0.917. The zero-order chi connectivity index (χ0) is 14.3. The SMILES string of the molecule is CN(CCCCCO)C(=O)CC1CS(=O)(=O)CCN1. The van der Waals surface area contributed by atoms with Crippen molar-refractivity contribution in [3.8, 4) is 0 Å². The Morgan fingerprint density at radius 1 is 1.37 bits per heavy atom. The molecule has 1 aliphatic heterocycles. The minimum Gasteiger partial charge on any atom is -0.396 e.